The van der Waals surface area contributed by atoms with Crippen LogP contribution in [0.1, 0.15) is 6.92 Å². The van der Waals surface area contributed by atoms with E-state index < -0.39 is 0 Å². The van der Waals surface area contributed by atoms with Crippen molar-refractivity contribution in [3.05, 3.63) is 24.1 Å². The van der Waals surface area contributed by atoms with Crippen molar-refractivity contribution < 1.29 is 4.39 Å². The van der Waals surface area contributed by atoms with E-state index in [4.69, 9.17) is 5.73 Å². The highest BCUT2D eigenvalue weighted by Gasteiger charge is 2.10. The Kier molecular flexibility index (Phi) is 3.83. The quantitative estimate of drug-likeness (QED) is 0.790. The molecular formula is C10H16FN3. The van der Waals surface area contributed by atoms with Crippen LogP contribution in [0.25, 0.3) is 0 Å². The van der Waals surface area contributed by atoms with Crippen molar-refractivity contribution in [3.8, 4) is 0 Å². The molecule has 4 heteroatoms. The first-order valence-corrected chi connectivity index (χ1v) is 4.67. The summed E-state index contributed by atoms with van der Waals surface area (Å²) < 4.78 is 13.3. The summed E-state index contributed by atoms with van der Waals surface area (Å²) in [4.78, 5) is 5.76. The number of nitrogens with two attached hydrogens (primary N) is 1. The molecule has 1 atom stereocenters. The fourth-order valence-corrected chi connectivity index (χ4v) is 1.29. The Morgan fingerprint density at radius 1 is 1.64 bits per heavy atom. The van der Waals surface area contributed by atoms with Crippen molar-refractivity contribution in [2.24, 2.45) is 11.7 Å². The topological polar surface area (TPSA) is 42.1 Å². The summed E-state index contributed by atoms with van der Waals surface area (Å²) in [6.45, 7) is 3.33. The number of pyridine rings is 1. The minimum atomic E-state index is -0.292. The summed E-state index contributed by atoms with van der Waals surface area (Å²) in [6, 6.07) is 2.99. The molecule has 1 rings (SSSR count). The van der Waals surface area contributed by atoms with Gasteiger partial charge in [-0.25, -0.2) is 9.37 Å². The fraction of sp³-hybridized carbons (Fsp3) is 0.500. The van der Waals surface area contributed by atoms with Gasteiger partial charge in [0.15, 0.2) is 11.6 Å². The molecule has 0 saturated carbocycles. The zero-order valence-electron chi connectivity index (χ0n) is 8.57. The highest BCUT2D eigenvalue weighted by atomic mass is 19.1. The normalized spacial score (nSPS) is 12.6. The highest BCUT2D eigenvalue weighted by molar-refractivity contribution is 5.38. The van der Waals surface area contributed by atoms with Gasteiger partial charge >= 0.3 is 0 Å². The lowest BCUT2D eigenvalue weighted by atomic mass is 10.2. The third-order valence-corrected chi connectivity index (χ3v) is 2.09. The summed E-state index contributed by atoms with van der Waals surface area (Å²) in [5, 5.41) is 0. The van der Waals surface area contributed by atoms with Crippen LogP contribution in [-0.4, -0.2) is 25.1 Å². The lowest BCUT2D eigenvalue weighted by Gasteiger charge is -2.21. The number of anilines is 1. The second-order valence-electron chi connectivity index (χ2n) is 3.53. The van der Waals surface area contributed by atoms with Gasteiger partial charge in [0.25, 0.3) is 0 Å². The van der Waals surface area contributed by atoms with Gasteiger partial charge in [-0.3, -0.25) is 0 Å². The minimum Gasteiger partial charge on any atom is -0.357 e. The van der Waals surface area contributed by atoms with Crippen LogP contribution in [0.2, 0.25) is 0 Å². The molecule has 1 aromatic rings. The lowest BCUT2D eigenvalue weighted by molar-refractivity contribution is 0.568. The van der Waals surface area contributed by atoms with Crippen molar-refractivity contribution in [1.29, 1.82) is 0 Å². The molecule has 0 radical (unpaired) electrons. The van der Waals surface area contributed by atoms with E-state index in [0.717, 1.165) is 0 Å². The van der Waals surface area contributed by atoms with Gasteiger partial charge in [0.2, 0.25) is 0 Å². The third-order valence-electron chi connectivity index (χ3n) is 2.09. The van der Waals surface area contributed by atoms with E-state index in [-0.39, 0.29) is 5.82 Å². The molecule has 1 heterocycles. The molecule has 0 aliphatic carbocycles. The summed E-state index contributed by atoms with van der Waals surface area (Å²) >= 11 is 0. The Hall–Kier alpha value is -1.16. The van der Waals surface area contributed by atoms with E-state index in [2.05, 4.69) is 4.98 Å². The molecule has 14 heavy (non-hydrogen) atoms. The second-order valence-corrected chi connectivity index (χ2v) is 3.53. The molecule has 0 aromatic carbocycles. The van der Waals surface area contributed by atoms with Crippen LogP contribution >= 0.6 is 0 Å². The van der Waals surface area contributed by atoms with Gasteiger partial charge in [-0.2, -0.15) is 0 Å². The van der Waals surface area contributed by atoms with Crippen molar-refractivity contribution in [2.75, 3.05) is 25.0 Å². The molecule has 78 valence electrons. The first-order valence-electron chi connectivity index (χ1n) is 4.67. The van der Waals surface area contributed by atoms with E-state index in [0.29, 0.717) is 24.8 Å². The third kappa shape index (κ3) is 2.67. The average molecular weight is 197 g/mol. The monoisotopic (exact) mass is 197 g/mol. The largest absolute Gasteiger partial charge is 0.357 e. The summed E-state index contributed by atoms with van der Waals surface area (Å²) in [7, 11) is 1.82. The molecule has 0 bridgehead atoms. The molecule has 0 fully saturated rings. The van der Waals surface area contributed by atoms with Crippen LogP contribution in [0.5, 0.6) is 0 Å². The molecule has 1 aromatic heterocycles. The fourth-order valence-electron chi connectivity index (χ4n) is 1.29. The minimum absolute atomic E-state index is 0.292. The van der Waals surface area contributed by atoms with Gasteiger partial charge in [-0.1, -0.05) is 6.92 Å². The zero-order valence-corrected chi connectivity index (χ0v) is 8.57. The zero-order chi connectivity index (χ0) is 10.6. The van der Waals surface area contributed by atoms with Crippen molar-refractivity contribution in [3.63, 3.8) is 0 Å². The van der Waals surface area contributed by atoms with E-state index in [9.17, 15) is 4.39 Å². The van der Waals surface area contributed by atoms with Crippen LogP contribution in [0, 0.1) is 11.7 Å². The molecule has 0 spiro atoms. The van der Waals surface area contributed by atoms with E-state index in [1.54, 1.807) is 17.2 Å². The highest BCUT2D eigenvalue weighted by Crippen LogP contribution is 2.14. The van der Waals surface area contributed by atoms with Gasteiger partial charge < -0.3 is 10.6 Å². The number of hydrogen-bond donors (Lipinski definition) is 1. The molecular weight excluding hydrogens is 181 g/mol. The number of rotatable bonds is 4. The Morgan fingerprint density at radius 2 is 2.36 bits per heavy atom. The average Bonchev–Trinajstić information content (AvgIpc) is 2.18. The first kappa shape index (κ1) is 10.9. The van der Waals surface area contributed by atoms with E-state index >= 15 is 0 Å². The van der Waals surface area contributed by atoms with E-state index in [1.165, 1.54) is 6.07 Å². The van der Waals surface area contributed by atoms with Gasteiger partial charge in [0, 0.05) is 19.8 Å². The van der Waals surface area contributed by atoms with Crippen LogP contribution in [0.15, 0.2) is 18.3 Å². The molecule has 0 aliphatic heterocycles. The SMILES string of the molecule is CC(CN)CN(C)c1ncccc1F. The predicted molar refractivity (Wildman–Crippen MR) is 55.7 cm³/mol. The molecule has 0 amide bonds. The number of hydrogen-bond acceptors (Lipinski definition) is 3. The molecule has 2 N–H and O–H groups in total. The first-order chi connectivity index (χ1) is 6.65. The van der Waals surface area contributed by atoms with Gasteiger partial charge in [0.1, 0.15) is 0 Å². The molecule has 0 aliphatic rings. The van der Waals surface area contributed by atoms with Crippen LogP contribution < -0.4 is 10.6 Å². The smallest absolute Gasteiger partial charge is 0.165 e. The maximum Gasteiger partial charge on any atom is 0.165 e. The Balaban J connectivity index is 2.69. The molecule has 3 nitrogen and oxygen atoms in total. The molecule has 1 unspecified atom stereocenters. The maximum atomic E-state index is 13.3. The van der Waals surface area contributed by atoms with Gasteiger partial charge in [-0.05, 0) is 24.6 Å². The van der Waals surface area contributed by atoms with Crippen LogP contribution in [0.3, 0.4) is 0 Å². The summed E-state index contributed by atoms with van der Waals surface area (Å²) in [5.41, 5.74) is 5.50. The van der Waals surface area contributed by atoms with Gasteiger partial charge in [0.05, 0.1) is 0 Å². The van der Waals surface area contributed by atoms with Crippen LogP contribution in [-0.2, 0) is 0 Å². The maximum absolute atomic E-state index is 13.3. The van der Waals surface area contributed by atoms with Crippen molar-refractivity contribution in [2.45, 2.75) is 6.92 Å². The van der Waals surface area contributed by atoms with Crippen molar-refractivity contribution in [1.82, 2.24) is 4.98 Å². The lowest BCUT2D eigenvalue weighted by Crippen LogP contribution is -2.29. The molecule has 0 saturated heterocycles. The van der Waals surface area contributed by atoms with Gasteiger partial charge in [-0.15, -0.1) is 0 Å². The van der Waals surface area contributed by atoms with Crippen molar-refractivity contribution >= 4 is 5.82 Å². The second kappa shape index (κ2) is 4.91. The number of halogens is 1. The standard InChI is InChI=1S/C10H16FN3/c1-8(6-12)7-14(2)10-9(11)4-3-5-13-10/h3-5,8H,6-7,12H2,1-2H3. The predicted octanol–water partition coefficient (Wildman–Crippen LogP) is 1.25. The number of nitrogens with zero attached hydrogens (tertiary/aromatic N) is 2. The Labute approximate surface area is 83.7 Å². The summed E-state index contributed by atoms with van der Waals surface area (Å²) in [6.07, 6.45) is 1.59. The van der Waals surface area contributed by atoms with E-state index in [1.807, 2.05) is 14.0 Å². The Bertz CT molecular complexity index is 290. The summed E-state index contributed by atoms with van der Waals surface area (Å²) in [5.74, 6) is 0.424. The number of aromatic nitrogens is 1. The van der Waals surface area contributed by atoms with Crippen LogP contribution in [0.4, 0.5) is 10.2 Å². The Morgan fingerprint density at radius 3 is 2.93 bits per heavy atom.